The van der Waals surface area contributed by atoms with E-state index in [-0.39, 0.29) is 0 Å². The second kappa shape index (κ2) is 3.68. The average Bonchev–Trinajstić information content (AvgIpc) is 3.03. The molecular weight excluding hydrogens is 236 g/mol. The lowest BCUT2D eigenvalue weighted by molar-refractivity contribution is 0.797. The third-order valence-electron chi connectivity index (χ3n) is 3.52. The second-order valence-corrected chi connectivity index (χ2v) is 4.62. The van der Waals surface area contributed by atoms with Crippen molar-refractivity contribution in [3.63, 3.8) is 0 Å². The summed E-state index contributed by atoms with van der Waals surface area (Å²) >= 11 is 0. The molecule has 92 valence electrons. The van der Waals surface area contributed by atoms with E-state index in [0.717, 1.165) is 33.1 Å². The molecule has 4 heteroatoms. The van der Waals surface area contributed by atoms with Crippen molar-refractivity contribution in [3.05, 3.63) is 48.7 Å². The molecular formula is C15H12N4. The molecule has 2 heterocycles. The van der Waals surface area contributed by atoms with Crippen molar-refractivity contribution >= 4 is 21.8 Å². The van der Waals surface area contributed by atoms with Gasteiger partial charge in [-0.05, 0) is 12.1 Å². The zero-order chi connectivity index (χ0) is 12.8. The van der Waals surface area contributed by atoms with Gasteiger partial charge in [-0.15, -0.1) is 0 Å². The second-order valence-electron chi connectivity index (χ2n) is 4.62. The van der Waals surface area contributed by atoms with Crippen molar-refractivity contribution in [2.45, 2.75) is 0 Å². The van der Waals surface area contributed by atoms with Gasteiger partial charge in [0.15, 0.2) is 0 Å². The maximum Gasteiger partial charge on any atom is 0.101 e. The first-order chi connectivity index (χ1) is 9.34. The summed E-state index contributed by atoms with van der Waals surface area (Å²) in [4.78, 5) is 0. The predicted octanol–water partition coefficient (Wildman–Crippen LogP) is 3.12. The van der Waals surface area contributed by atoms with Crippen LogP contribution in [0.1, 0.15) is 0 Å². The molecule has 0 saturated heterocycles. The number of rotatable bonds is 1. The van der Waals surface area contributed by atoms with Crippen molar-refractivity contribution in [2.24, 2.45) is 7.05 Å². The molecule has 0 aliphatic heterocycles. The molecule has 0 aliphatic carbocycles. The van der Waals surface area contributed by atoms with Crippen LogP contribution < -0.4 is 0 Å². The van der Waals surface area contributed by atoms with Gasteiger partial charge in [0.05, 0.1) is 17.2 Å². The molecule has 0 amide bonds. The molecule has 0 unspecified atom stereocenters. The van der Waals surface area contributed by atoms with Crippen molar-refractivity contribution in [2.75, 3.05) is 0 Å². The molecule has 19 heavy (non-hydrogen) atoms. The zero-order valence-electron chi connectivity index (χ0n) is 10.5. The summed E-state index contributed by atoms with van der Waals surface area (Å²) in [5.41, 5.74) is 4.26. The van der Waals surface area contributed by atoms with E-state index in [1.54, 1.807) is 0 Å². The minimum Gasteiger partial charge on any atom is -0.277 e. The van der Waals surface area contributed by atoms with Gasteiger partial charge in [-0.25, -0.2) is 0 Å². The largest absolute Gasteiger partial charge is 0.277 e. The predicted molar refractivity (Wildman–Crippen MR) is 75.8 cm³/mol. The van der Waals surface area contributed by atoms with Crippen molar-refractivity contribution in [3.8, 4) is 11.3 Å². The van der Waals surface area contributed by atoms with E-state index >= 15 is 0 Å². The highest BCUT2D eigenvalue weighted by atomic mass is 15.2. The van der Waals surface area contributed by atoms with Gasteiger partial charge in [0.1, 0.15) is 5.69 Å². The molecule has 4 nitrogen and oxygen atoms in total. The summed E-state index contributed by atoms with van der Waals surface area (Å²) in [5, 5.41) is 14.1. The molecule has 0 spiro atoms. The number of aromatic amines is 1. The Bertz CT molecular complexity index is 885. The van der Waals surface area contributed by atoms with Crippen LogP contribution in [-0.2, 0) is 7.05 Å². The maximum absolute atomic E-state index is 4.46. The standard InChI is InChI=1S/C15H12N4/c1-19-14-8-4-6-10(12(14)9-16-19)15-11-5-2-3-7-13(11)17-18-15/h2-9H,1H3,(H,17,18). The Labute approximate surface area is 109 Å². The van der Waals surface area contributed by atoms with Crippen LogP contribution in [0.25, 0.3) is 33.1 Å². The fraction of sp³-hybridized carbons (Fsp3) is 0.0667. The Hall–Kier alpha value is -2.62. The zero-order valence-corrected chi connectivity index (χ0v) is 10.5. The van der Waals surface area contributed by atoms with Crippen LogP contribution in [0.4, 0.5) is 0 Å². The Kier molecular flexibility index (Phi) is 2.00. The minimum atomic E-state index is 0.981. The van der Waals surface area contributed by atoms with Crippen molar-refractivity contribution < 1.29 is 0 Å². The first-order valence-corrected chi connectivity index (χ1v) is 6.19. The molecule has 4 rings (SSSR count). The highest BCUT2D eigenvalue weighted by Crippen LogP contribution is 2.31. The Morgan fingerprint density at radius 3 is 2.84 bits per heavy atom. The number of nitrogens with zero attached hydrogens (tertiary/aromatic N) is 3. The SMILES string of the molecule is Cn1ncc2c(-c3n[nH]c4ccccc34)cccc21. The number of fused-ring (bicyclic) bond motifs is 2. The summed E-state index contributed by atoms with van der Waals surface area (Å²) in [7, 11) is 1.95. The van der Waals surface area contributed by atoms with Gasteiger partial charge in [0.25, 0.3) is 0 Å². The van der Waals surface area contributed by atoms with Gasteiger partial charge in [-0.1, -0.05) is 30.3 Å². The topological polar surface area (TPSA) is 46.5 Å². The summed E-state index contributed by atoms with van der Waals surface area (Å²) in [5.74, 6) is 0. The number of hydrogen-bond acceptors (Lipinski definition) is 2. The first kappa shape index (κ1) is 10.3. The van der Waals surface area contributed by atoms with E-state index in [2.05, 4.69) is 33.5 Å². The highest BCUT2D eigenvalue weighted by Gasteiger charge is 2.12. The van der Waals surface area contributed by atoms with E-state index in [1.165, 1.54) is 0 Å². The van der Waals surface area contributed by atoms with Crippen LogP contribution >= 0.6 is 0 Å². The van der Waals surface area contributed by atoms with Crippen LogP contribution in [0.3, 0.4) is 0 Å². The van der Waals surface area contributed by atoms with E-state index in [0.29, 0.717) is 0 Å². The van der Waals surface area contributed by atoms with Gasteiger partial charge < -0.3 is 0 Å². The summed E-state index contributed by atoms with van der Waals surface area (Å²) in [6.45, 7) is 0. The number of para-hydroxylation sites is 1. The molecule has 0 bridgehead atoms. The lowest BCUT2D eigenvalue weighted by Crippen LogP contribution is -1.88. The quantitative estimate of drug-likeness (QED) is 0.562. The first-order valence-electron chi connectivity index (χ1n) is 6.19. The summed E-state index contributed by atoms with van der Waals surface area (Å²) in [6.07, 6.45) is 1.90. The van der Waals surface area contributed by atoms with E-state index in [1.807, 2.05) is 42.2 Å². The Morgan fingerprint density at radius 1 is 1.00 bits per heavy atom. The molecule has 0 aliphatic rings. The third kappa shape index (κ3) is 1.40. The normalized spacial score (nSPS) is 11.4. The minimum absolute atomic E-state index is 0.981. The maximum atomic E-state index is 4.46. The van der Waals surface area contributed by atoms with Gasteiger partial charge in [-0.3, -0.25) is 9.78 Å². The fourth-order valence-electron chi connectivity index (χ4n) is 2.55. The lowest BCUT2D eigenvalue weighted by Gasteiger charge is -2.01. The smallest absolute Gasteiger partial charge is 0.101 e. The van der Waals surface area contributed by atoms with Gasteiger partial charge in [0, 0.05) is 23.4 Å². The lowest BCUT2D eigenvalue weighted by atomic mass is 10.0. The molecule has 2 aromatic heterocycles. The van der Waals surface area contributed by atoms with Crippen LogP contribution in [0.2, 0.25) is 0 Å². The molecule has 2 aromatic carbocycles. The number of nitrogens with one attached hydrogen (secondary N) is 1. The molecule has 0 radical (unpaired) electrons. The fourth-order valence-corrected chi connectivity index (χ4v) is 2.55. The van der Waals surface area contributed by atoms with Gasteiger partial charge in [0.2, 0.25) is 0 Å². The number of benzene rings is 2. The number of H-pyrrole nitrogens is 1. The molecule has 4 aromatic rings. The number of aryl methyl sites for hydroxylation is 1. The van der Waals surface area contributed by atoms with Crippen molar-refractivity contribution in [1.29, 1.82) is 0 Å². The van der Waals surface area contributed by atoms with Crippen molar-refractivity contribution in [1.82, 2.24) is 20.0 Å². The molecule has 0 fully saturated rings. The van der Waals surface area contributed by atoms with Crippen LogP contribution in [0.15, 0.2) is 48.7 Å². The number of hydrogen-bond donors (Lipinski definition) is 1. The Morgan fingerprint density at radius 2 is 1.89 bits per heavy atom. The molecule has 0 atom stereocenters. The monoisotopic (exact) mass is 248 g/mol. The van der Waals surface area contributed by atoms with Gasteiger partial charge >= 0.3 is 0 Å². The van der Waals surface area contributed by atoms with Gasteiger partial charge in [-0.2, -0.15) is 10.2 Å². The van der Waals surface area contributed by atoms with Crippen LogP contribution in [-0.4, -0.2) is 20.0 Å². The van der Waals surface area contributed by atoms with Crippen LogP contribution in [0.5, 0.6) is 0 Å². The van der Waals surface area contributed by atoms with E-state index in [9.17, 15) is 0 Å². The summed E-state index contributed by atoms with van der Waals surface area (Å²) in [6, 6.07) is 14.4. The third-order valence-corrected chi connectivity index (χ3v) is 3.52. The average molecular weight is 248 g/mol. The molecule has 1 N–H and O–H groups in total. The Balaban J connectivity index is 2.09. The van der Waals surface area contributed by atoms with Crippen LogP contribution in [0, 0.1) is 0 Å². The summed E-state index contributed by atoms with van der Waals surface area (Å²) < 4.78 is 1.88. The number of aromatic nitrogens is 4. The van der Waals surface area contributed by atoms with E-state index < -0.39 is 0 Å². The molecule has 0 saturated carbocycles. The highest BCUT2D eigenvalue weighted by molar-refractivity contribution is 6.02. The van der Waals surface area contributed by atoms with E-state index in [4.69, 9.17) is 0 Å².